The van der Waals surface area contributed by atoms with Crippen LogP contribution in [0.1, 0.15) is 16.1 Å². The second-order valence-corrected chi connectivity index (χ2v) is 5.78. The maximum atomic E-state index is 11.8. The van der Waals surface area contributed by atoms with Gasteiger partial charge < -0.3 is 14.5 Å². The zero-order chi connectivity index (χ0) is 17.5. The summed E-state index contributed by atoms with van der Waals surface area (Å²) < 4.78 is 11.3. The van der Waals surface area contributed by atoms with Crippen molar-refractivity contribution in [3.63, 3.8) is 0 Å². The van der Waals surface area contributed by atoms with Gasteiger partial charge >= 0.3 is 0 Å². The number of aromatic amines is 1. The Hall–Kier alpha value is -2.43. The molecule has 0 saturated heterocycles. The Morgan fingerprint density at radius 2 is 2.33 bits per heavy atom. The summed E-state index contributed by atoms with van der Waals surface area (Å²) in [6, 6.07) is 4.93. The summed E-state index contributed by atoms with van der Waals surface area (Å²) in [4.78, 5) is 14.6. The number of H-pyrrole nitrogens is 1. The number of carbonyl (C=O) groups excluding carboxylic acids is 1. The molecule has 0 radical (unpaired) electrons. The molecule has 0 atom stereocenters. The van der Waals surface area contributed by atoms with Crippen LogP contribution >= 0.6 is 27.5 Å². The standard InChI is InChI=1S/C16H13BrClN3O3/c1-3-4-24-15-12(18)5-10(6-14(15)23-2)8-20-21-16(22)13-7-11(17)9-19-13/h1,5-9,19H,4H2,2H3,(H,21,22)/b20-8-. The molecule has 24 heavy (non-hydrogen) atoms. The fraction of sp³-hybridized carbons (Fsp3) is 0.125. The zero-order valence-electron chi connectivity index (χ0n) is 12.6. The van der Waals surface area contributed by atoms with Crippen LogP contribution in [0.5, 0.6) is 11.5 Å². The molecule has 1 amide bonds. The van der Waals surface area contributed by atoms with Gasteiger partial charge in [0.25, 0.3) is 5.91 Å². The van der Waals surface area contributed by atoms with Crippen LogP contribution in [0.2, 0.25) is 5.02 Å². The van der Waals surface area contributed by atoms with Gasteiger partial charge in [-0.3, -0.25) is 4.79 Å². The van der Waals surface area contributed by atoms with Crippen molar-refractivity contribution in [3.8, 4) is 23.8 Å². The van der Waals surface area contributed by atoms with Crippen LogP contribution in [0, 0.1) is 12.3 Å². The first-order valence-electron chi connectivity index (χ1n) is 6.66. The van der Waals surface area contributed by atoms with Gasteiger partial charge in [-0.25, -0.2) is 5.43 Å². The molecule has 1 heterocycles. The number of nitrogens with zero attached hydrogens (tertiary/aromatic N) is 1. The van der Waals surface area contributed by atoms with E-state index in [1.807, 2.05) is 0 Å². The van der Waals surface area contributed by atoms with Crippen molar-refractivity contribution in [2.75, 3.05) is 13.7 Å². The summed E-state index contributed by atoms with van der Waals surface area (Å²) in [5, 5.41) is 4.21. The number of methoxy groups -OCH3 is 1. The Morgan fingerprint density at radius 3 is 2.96 bits per heavy atom. The quantitative estimate of drug-likeness (QED) is 0.436. The van der Waals surface area contributed by atoms with Crippen molar-refractivity contribution >= 4 is 39.7 Å². The van der Waals surface area contributed by atoms with Gasteiger partial charge in [0.05, 0.1) is 18.3 Å². The van der Waals surface area contributed by atoms with E-state index in [1.165, 1.54) is 13.3 Å². The third kappa shape index (κ3) is 4.54. The number of benzene rings is 1. The van der Waals surface area contributed by atoms with Gasteiger partial charge in [-0.15, -0.1) is 6.42 Å². The molecule has 0 fully saturated rings. The van der Waals surface area contributed by atoms with E-state index in [0.29, 0.717) is 27.8 Å². The average Bonchev–Trinajstić information content (AvgIpc) is 3.00. The number of aromatic nitrogens is 1. The molecule has 1 aromatic heterocycles. The van der Waals surface area contributed by atoms with Crippen molar-refractivity contribution in [1.29, 1.82) is 0 Å². The lowest BCUT2D eigenvalue weighted by Gasteiger charge is -2.11. The maximum absolute atomic E-state index is 11.8. The summed E-state index contributed by atoms with van der Waals surface area (Å²) in [7, 11) is 1.49. The summed E-state index contributed by atoms with van der Waals surface area (Å²) in [6.45, 7) is 0.0747. The summed E-state index contributed by atoms with van der Waals surface area (Å²) in [6.07, 6.45) is 8.26. The first kappa shape index (κ1) is 17.9. The third-order valence-corrected chi connectivity index (χ3v) is 3.56. The number of hydrogen-bond donors (Lipinski definition) is 2. The highest BCUT2D eigenvalue weighted by Gasteiger charge is 2.11. The van der Waals surface area contributed by atoms with Crippen LogP contribution < -0.4 is 14.9 Å². The Labute approximate surface area is 152 Å². The Balaban J connectivity index is 2.10. The lowest BCUT2D eigenvalue weighted by molar-refractivity contribution is 0.0951. The number of hydrogen-bond acceptors (Lipinski definition) is 4. The molecule has 0 aliphatic carbocycles. The molecule has 2 aromatic rings. The minimum Gasteiger partial charge on any atom is -0.493 e. The van der Waals surface area contributed by atoms with E-state index in [-0.39, 0.29) is 12.5 Å². The molecule has 8 heteroatoms. The molecule has 0 bridgehead atoms. The highest BCUT2D eigenvalue weighted by Crippen LogP contribution is 2.35. The fourth-order valence-electron chi connectivity index (χ4n) is 1.79. The van der Waals surface area contributed by atoms with E-state index in [1.54, 1.807) is 24.4 Å². The third-order valence-electron chi connectivity index (χ3n) is 2.82. The van der Waals surface area contributed by atoms with Gasteiger partial charge in [-0.1, -0.05) is 17.5 Å². The molecule has 2 N–H and O–H groups in total. The van der Waals surface area contributed by atoms with Crippen LogP contribution in [0.25, 0.3) is 0 Å². The Bertz CT molecular complexity index is 811. The fourth-order valence-corrected chi connectivity index (χ4v) is 2.41. The Morgan fingerprint density at radius 1 is 1.54 bits per heavy atom. The molecule has 1 aromatic carbocycles. The second kappa shape index (κ2) is 8.43. The molecule has 0 saturated carbocycles. The average molecular weight is 411 g/mol. The van der Waals surface area contributed by atoms with Crippen molar-refractivity contribution < 1.29 is 14.3 Å². The van der Waals surface area contributed by atoms with E-state index < -0.39 is 0 Å². The van der Waals surface area contributed by atoms with Crippen LogP contribution in [0.15, 0.2) is 34.0 Å². The van der Waals surface area contributed by atoms with E-state index in [4.69, 9.17) is 27.5 Å². The van der Waals surface area contributed by atoms with Crippen molar-refractivity contribution in [2.24, 2.45) is 5.10 Å². The van der Waals surface area contributed by atoms with E-state index in [9.17, 15) is 4.79 Å². The molecule has 2 rings (SSSR count). The topological polar surface area (TPSA) is 75.7 Å². The number of nitrogens with one attached hydrogen (secondary N) is 2. The summed E-state index contributed by atoms with van der Waals surface area (Å²) >= 11 is 9.41. The van der Waals surface area contributed by atoms with Crippen molar-refractivity contribution in [1.82, 2.24) is 10.4 Å². The number of rotatable bonds is 6. The lowest BCUT2D eigenvalue weighted by Crippen LogP contribution is -2.17. The first-order chi connectivity index (χ1) is 11.5. The number of amides is 1. The SMILES string of the molecule is C#CCOc1c(Cl)cc(/C=N\NC(=O)c2cc(Br)c[nH]2)cc1OC. The molecule has 0 unspecified atom stereocenters. The Kier molecular flexibility index (Phi) is 6.29. The molecular weight excluding hydrogens is 398 g/mol. The van der Waals surface area contributed by atoms with Crippen LogP contribution in [-0.4, -0.2) is 30.8 Å². The predicted molar refractivity (Wildman–Crippen MR) is 95.9 cm³/mol. The van der Waals surface area contributed by atoms with Crippen molar-refractivity contribution in [2.45, 2.75) is 0 Å². The zero-order valence-corrected chi connectivity index (χ0v) is 14.9. The number of carbonyl (C=O) groups is 1. The van der Waals surface area contributed by atoms with E-state index >= 15 is 0 Å². The summed E-state index contributed by atoms with van der Waals surface area (Å²) in [5.41, 5.74) is 3.41. The van der Waals surface area contributed by atoms with Gasteiger partial charge in [-0.2, -0.15) is 5.10 Å². The number of halogens is 2. The monoisotopic (exact) mass is 409 g/mol. The minimum absolute atomic E-state index is 0.0747. The maximum Gasteiger partial charge on any atom is 0.287 e. The highest BCUT2D eigenvalue weighted by atomic mass is 79.9. The van der Waals surface area contributed by atoms with Crippen LogP contribution in [0.3, 0.4) is 0 Å². The molecule has 0 aliphatic heterocycles. The molecule has 6 nitrogen and oxygen atoms in total. The molecular formula is C16H13BrClN3O3. The van der Waals surface area contributed by atoms with Crippen LogP contribution in [0.4, 0.5) is 0 Å². The largest absolute Gasteiger partial charge is 0.493 e. The van der Waals surface area contributed by atoms with Gasteiger partial charge in [0.1, 0.15) is 12.3 Å². The minimum atomic E-state index is -0.371. The van der Waals surface area contributed by atoms with Gasteiger partial charge in [-0.05, 0) is 39.7 Å². The van der Waals surface area contributed by atoms with E-state index in [2.05, 4.69) is 37.4 Å². The summed E-state index contributed by atoms with van der Waals surface area (Å²) in [5.74, 6) is 2.76. The molecule has 0 spiro atoms. The second-order valence-electron chi connectivity index (χ2n) is 4.46. The van der Waals surface area contributed by atoms with Gasteiger partial charge in [0.2, 0.25) is 0 Å². The molecule has 124 valence electrons. The highest BCUT2D eigenvalue weighted by molar-refractivity contribution is 9.10. The number of hydrazone groups is 1. The lowest BCUT2D eigenvalue weighted by atomic mass is 10.2. The molecule has 0 aliphatic rings. The first-order valence-corrected chi connectivity index (χ1v) is 7.83. The van der Waals surface area contributed by atoms with E-state index in [0.717, 1.165) is 4.47 Å². The normalized spacial score (nSPS) is 10.4. The predicted octanol–water partition coefficient (Wildman–Crippen LogP) is 3.22. The van der Waals surface area contributed by atoms with Gasteiger partial charge in [0, 0.05) is 10.7 Å². The smallest absolute Gasteiger partial charge is 0.287 e. The van der Waals surface area contributed by atoms with Crippen molar-refractivity contribution in [3.05, 3.63) is 45.1 Å². The van der Waals surface area contributed by atoms with Crippen LogP contribution in [-0.2, 0) is 0 Å². The number of ether oxygens (including phenoxy) is 2. The number of terminal acetylenes is 1. The van der Waals surface area contributed by atoms with Gasteiger partial charge in [0.15, 0.2) is 11.5 Å².